The first-order valence-electron chi connectivity index (χ1n) is 5.16. The molecule has 1 amide bonds. The van der Waals surface area contributed by atoms with Crippen molar-refractivity contribution in [2.45, 2.75) is 6.18 Å². The molecule has 0 atom stereocenters. The zero-order valence-corrected chi connectivity index (χ0v) is 9.38. The Bertz CT molecular complexity index is 420. The molecule has 0 radical (unpaired) electrons. The minimum Gasteiger partial charge on any atom is -0.329 e. The maximum atomic E-state index is 13.3. The van der Waals surface area contributed by atoms with Crippen molar-refractivity contribution >= 4 is 5.91 Å². The van der Waals surface area contributed by atoms with Gasteiger partial charge in [0.25, 0.3) is 5.91 Å². The number of nitrogens with zero attached hydrogens (tertiary/aromatic N) is 1. The second-order valence-corrected chi connectivity index (χ2v) is 3.61. The van der Waals surface area contributed by atoms with E-state index in [1.165, 1.54) is 12.1 Å². The summed E-state index contributed by atoms with van der Waals surface area (Å²) < 4.78 is 50.1. The summed E-state index contributed by atoms with van der Waals surface area (Å²) in [6.45, 7) is -1.86. The molecule has 0 heterocycles. The molecule has 7 heteroatoms. The second kappa shape index (κ2) is 5.81. The van der Waals surface area contributed by atoms with E-state index in [2.05, 4.69) is 0 Å². The van der Waals surface area contributed by atoms with Crippen molar-refractivity contribution in [2.75, 3.05) is 19.6 Å². The van der Waals surface area contributed by atoms with Crippen molar-refractivity contribution in [3.05, 3.63) is 35.6 Å². The van der Waals surface area contributed by atoms with Crippen LogP contribution in [0.3, 0.4) is 0 Å². The van der Waals surface area contributed by atoms with Crippen molar-refractivity contribution in [1.29, 1.82) is 0 Å². The van der Waals surface area contributed by atoms with Gasteiger partial charge in [-0.1, -0.05) is 12.1 Å². The second-order valence-electron chi connectivity index (χ2n) is 3.61. The Morgan fingerprint density at radius 2 is 1.89 bits per heavy atom. The van der Waals surface area contributed by atoms with Crippen LogP contribution in [-0.4, -0.2) is 36.6 Å². The van der Waals surface area contributed by atoms with Gasteiger partial charge in [0.1, 0.15) is 12.4 Å². The molecular weight excluding hydrogens is 252 g/mol. The van der Waals surface area contributed by atoms with E-state index < -0.39 is 30.0 Å². The molecule has 1 aromatic rings. The number of carbonyl (C=O) groups excluding carboxylic acids is 1. The number of nitrogens with two attached hydrogens (primary N) is 1. The third kappa shape index (κ3) is 3.99. The van der Waals surface area contributed by atoms with E-state index in [0.29, 0.717) is 4.90 Å². The van der Waals surface area contributed by atoms with E-state index in [0.717, 1.165) is 12.1 Å². The molecule has 0 saturated heterocycles. The number of carbonyl (C=O) groups is 1. The molecule has 0 aliphatic rings. The fourth-order valence-electron chi connectivity index (χ4n) is 1.43. The number of rotatable bonds is 4. The van der Waals surface area contributed by atoms with Gasteiger partial charge in [-0.25, -0.2) is 4.39 Å². The summed E-state index contributed by atoms with van der Waals surface area (Å²) in [6, 6.07) is 4.88. The number of amides is 1. The first-order valence-corrected chi connectivity index (χ1v) is 5.16. The molecule has 0 saturated carbocycles. The van der Waals surface area contributed by atoms with Crippen molar-refractivity contribution < 1.29 is 22.4 Å². The van der Waals surface area contributed by atoms with E-state index in [1.807, 2.05) is 0 Å². The Morgan fingerprint density at radius 3 is 2.39 bits per heavy atom. The molecule has 18 heavy (non-hydrogen) atoms. The number of hydrogen-bond acceptors (Lipinski definition) is 2. The molecule has 2 N–H and O–H groups in total. The van der Waals surface area contributed by atoms with Gasteiger partial charge in [0, 0.05) is 13.1 Å². The summed E-state index contributed by atoms with van der Waals surface area (Å²) in [6.07, 6.45) is -4.55. The van der Waals surface area contributed by atoms with Gasteiger partial charge in [0.2, 0.25) is 0 Å². The number of halogens is 4. The van der Waals surface area contributed by atoms with Crippen molar-refractivity contribution in [1.82, 2.24) is 4.90 Å². The van der Waals surface area contributed by atoms with Gasteiger partial charge in [0.15, 0.2) is 0 Å². The van der Waals surface area contributed by atoms with Crippen LogP contribution >= 0.6 is 0 Å². The van der Waals surface area contributed by atoms with Crippen LogP contribution in [0.4, 0.5) is 17.6 Å². The fourth-order valence-corrected chi connectivity index (χ4v) is 1.43. The summed E-state index contributed by atoms with van der Waals surface area (Å²) in [5.74, 6) is -1.87. The van der Waals surface area contributed by atoms with E-state index in [1.54, 1.807) is 0 Å². The van der Waals surface area contributed by atoms with Crippen LogP contribution in [0.1, 0.15) is 10.4 Å². The fraction of sp³-hybridized carbons (Fsp3) is 0.364. The molecular formula is C11H12F4N2O. The highest BCUT2D eigenvalue weighted by atomic mass is 19.4. The van der Waals surface area contributed by atoms with Crippen LogP contribution in [-0.2, 0) is 0 Å². The molecule has 0 aromatic heterocycles. The summed E-state index contributed by atoms with van der Waals surface area (Å²) in [5.41, 5.74) is 4.75. The average molecular weight is 264 g/mol. The summed E-state index contributed by atoms with van der Waals surface area (Å²) in [7, 11) is 0. The monoisotopic (exact) mass is 264 g/mol. The van der Waals surface area contributed by atoms with E-state index in [-0.39, 0.29) is 13.1 Å². The van der Waals surface area contributed by atoms with Crippen molar-refractivity contribution in [3.8, 4) is 0 Å². The molecule has 0 bridgehead atoms. The van der Waals surface area contributed by atoms with Crippen molar-refractivity contribution in [2.24, 2.45) is 5.73 Å². The van der Waals surface area contributed by atoms with Crippen LogP contribution in [0.5, 0.6) is 0 Å². The van der Waals surface area contributed by atoms with Crippen LogP contribution in [0.15, 0.2) is 24.3 Å². The zero-order valence-electron chi connectivity index (χ0n) is 9.38. The molecule has 0 spiro atoms. The molecule has 3 nitrogen and oxygen atoms in total. The highest BCUT2D eigenvalue weighted by Crippen LogP contribution is 2.18. The normalized spacial score (nSPS) is 11.4. The lowest BCUT2D eigenvalue weighted by Crippen LogP contribution is -2.42. The predicted octanol–water partition coefficient (Wildman–Crippen LogP) is 1.79. The van der Waals surface area contributed by atoms with Gasteiger partial charge in [0.05, 0.1) is 5.56 Å². The summed E-state index contributed by atoms with van der Waals surface area (Å²) in [4.78, 5) is 12.2. The molecule has 1 rings (SSSR count). The quantitative estimate of drug-likeness (QED) is 0.843. The first kappa shape index (κ1) is 14.4. The Hall–Kier alpha value is -1.63. The molecule has 0 aliphatic heterocycles. The maximum absolute atomic E-state index is 13.3. The summed E-state index contributed by atoms with van der Waals surface area (Å²) in [5, 5.41) is 0. The lowest BCUT2D eigenvalue weighted by atomic mass is 10.2. The first-order chi connectivity index (χ1) is 8.35. The third-order valence-corrected chi connectivity index (χ3v) is 2.16. The minimum absolute atomic E-state index is 0.129. The molecule has 0 fully saturated rings. The third-order valence-electron chi connectivity index (χ3n) is 2.16. The van der Waals surface area contributed by atoms with Gasteiger partial charge in [-0.3, -0.25) is 4.79 Å². The van der Waals surface area contributed by atoms with Gasteiger partial charge >= 0.3 is 6.18 Å². The van der Waals surface area contributed by atoms with Crippen LogP contribution < -0.4 is 5.73 Å². The molecule has 0 unspecified atom stereocenters. The lowest BCUT2D eigenvalue weighted by Gasteiger charge is -2.23. The van der Waals surface area contributed by atoms with Crippen LogP contribution in [0, 0.1) is 5.82 Å². The largest absolute Gasteiger partial charge is 0.406 e. The van der Waals surface area contributed by atoms with Crippen molar-refractivity contribution in [3.63, 3.8) is 0 Å². The highest BCUT2D eigenvalue weighted by Gasteiger charge is 2.33. The van der Waals surface area contributed by atoms with E-state index in [9.17, 15) is 22.4 Å². The topological polar surface area (TPSA) is 46.3 Å². The van der Waals surface area contributed by atoms with E-state index >= 15 is 0 Å². The highest BCUT2D eigenvalue weighted by molar-refractivity contribution is 5.94. The predicted molar refractivity (Wildman–Crippen MR) is 57.4 cm³/mol. The standard InChI is InChI=1S/C11H12F4N2O/c12-9-4-2-1-3-8(9)10(18)17(6-5-16)7-11(13,14)15/h1-4H,5-7,16H2. The maximum Gasteiger partial charge on any atom is 0.406 e. The zero-order chi connectivity index (χ0) is 13.8. The number of hydrogen-bond donors (Lipinski definition) is 1. The average Bonchev–Trinajstić information content (AvgIpc) is 2.26. The Morgan fingerprint density at radius 1 is 1.28 bits per heavy atom. The number of benzene rings is 1. The van der Waals surface area contributed by atoms with Gasteiger partial charge in [-0.15, -0.1) is 0 Å². The lowest BCUT2D eigenvalue weighted by molar-refractivity contribution is -0.140. The van der Waals surface area contributed by atoms with Crippen LogP contribution in [0.2, 0.25) is 0 Å². The SMILES string of the molecule is NCCN(CC(F)(F)F)C(=O)c1ccccc1F. The van der Waals surface area contributed by atoms with Crippen LogP contribution in [0.25, 0.3) is 0 Å². The summed E-state index contributed by atoms with van der Waals surface area (Å²) >= 11 is 0. The van der Waals surface area contributed by atoms with Gasteiger partial charge in [-0.05, 0) is 12.1 Å². The van der Waals surface area contributed by atoms with Gasteiger partial charge < -0.3 is 10.6 Å². The minimum atomic E-state index is -4.55. The smallest absolute Gasteiger partial charge is 0.329 e. The van der Waals surface area contributed by atoms with Gasteiger partial charge in [-0.2, -0.15) is 13.2 Å². The molecule has 0 aliphatic carbocycles. The number of alkyl halides is 3. The molecule has 1 aromatic carbocycles. The Balaban J connectivity index is 2.93. The Kier molecular flexibility index (Phi) is 4.66. The molecule has 100 valence electrons. The van der Waals surface area contributed by atoms with E-state index in [4.69, 9.17) is 5.73 Å². The Labute approximate surface area is 101 Å².